The third-order valence-corrected chi connectivity index (χ3v) is 6.91. The van der Waals surface area contributed by atoms with Crippen molar-refractivity contribution in [3.05, 3.63) is 210 Å². The fourth-order valence-electron chi connectivity index (χ4n) is 4.52. The standard InChI is InChI=1S/C19H18N2.2C12H10N.Ir/c1-3-7-16(8-4-1)11-13-20-19-15-18(12-14-21-19)17-9-5-2-6-10-17;2*1-10-7-8-12(13-9-10)11-5-3-2-4-6-11;/h1-10,12-15,19-20H,11H2;2*2-5,7-9H,1H3;/q-2;2*-1;/i;2*1D3;. The summed E-state index contributed by atoms with van der Waals surface area (Å²) in [7, 11) is 0. The van der Waals surface area contributed by atoms with Crippen molar-refractivity contribution in [2.24, 2.45) is 0 Å². The van der Waals surface area contributed by atoms with Crippen LogP contribution >= 0.6 is 0 Å². The van der Waals surface area contributed by atoms with Crippen LogP contribution in [0.4, 0.5) is 0 Å². The van der Waals surface area contributed by atoms with E-state index in [0.29, 0.717) is 0 Å². The van der Waals surface area contributed by atoms with E-state index in [9.17, 15) is 0 Å². The smallest absolute Gasteiger partial charge is 0.0280 e. The number of nitrogens with zero attached hydrogens (tertiary/aromatic N) is 3. The second kappa shape index (κ2) is 19.7. The van der Waals surface area contributed by atoms with Crippen LogP contribution < -0.4 is 5.32 Å². The SMILES string of the molecule is C1=CC(c2ccccc2)=CC(N[CH-]Cc2ccccc2)[N-]1.[2H]C([2H])([2H])c1ccc(-c2[c-]cccc2)nc1.[2H]C([2H])([2H])c1ccc(-c2[c-]cccc2)nc1.[Ir]. The van der Waals surface area contributed by atoms with Crippen LogP contribution in [0.5, 0.6) is 0 Å². The largest absolute Gasteiger partial charge is 0.675 e. The van der Waals surface area contributed by atoms with E-state index < -0.39 is 13.7 Å². The van der Waals surface area contributed by atoms with Gasteiger partial charge in [0.1, 0.15) is 0 Å². The summed E-state index contributed by atoms with van der Waals surface area (Å²) in [6, 6.07) is 48.3. The van der Waals surface area contributed by atoms with Crippen LogP contribution in [0, 0.1) is 32.4 Å². The minimum absolute atomic E-state index is 0. The van der Waals surface area contributed by atoms with Gasteiger partial charge < -0.3 is 20.6 Å². The average molecular weight is 809 g/mol. The van der Waals surface area contributed by atoms with E-state index in [0.717, 1.165) is 28.9 Å². The van der Waals surface area contributed by atoms with E-state index in [2.05, 4.69) is 93.9 Å². The molecule has 0 spiro atoms. The topological polar surface area (TPSA) is 51.9 Å². The Morgan fingerprint density at radius 1 is 0.708 bits per heavy atom. The Labute approximate surface area is 307 Å². The normalized spacial score (nSPS) is 15.2. The molecule has 243 valence electrons. The van der Waals surface area contributed by atoms with Crippen LogP contribution in [0.25, 0.3) is 33.4 Å². The first-order valence-corrected chi connectivity index (χ1v) is 15.2. The molecule has 1 unspecified atom stereocenters. The van der Waals surface area contributed by atoms with E-state index >= 15 is 0 Å². The fourth-order valence-corrected chi connectivity index (χ4v) is 4.52. The number of aryl methyl sites for hydroxylation is 2. The molecule has 0 aliphatic carbocycles. The van der Waals surface area contributed by atoms with Crippen molar-refractivity contribution in [1.29, 1.82) is 0 Å². The Morgan fingerprint density at radius 3 is 1.77 bits per heavy atom. The van der Waals surface area contributed by atoms with Crippen molar-refractivity contribution in [3.63, 3.8) is 0 Å². The van der Waals surface area contributed by atoms with Crippen molar-refractivity contribution in [3.8, 4) is 22.5 Å². The van der Waals surface area contributed by atoms with E-state index in [1.807, 2.05) is 60.8 Å². The van der Waals surface area contributed by atoms with Gasteiger partial charge in [-0.15, -0.1) is 78.2 Å². The zero-order valence-corrected chi connectivity index (χ0v) is 28.5. The van der Waals surface area contributed by atoms with Gasteiger partial charge in [-0.05, 0) is 47.4 Å². The number of aromatic nitrogens is 2. The first-order chi connectivity index (χ1) is 25.6. The summed E-state index contributed by atoms with van der Waals surface area (Å²) in [5.74, 6) is 0. The molecule has 0 fully saturated rings. The molecular weight excluding hydrogens is 765 g/mol. The maximum atomic E-state index is 7.23. The van der Waals surface area contributed by atoms with Crippen LogP contribution in [0.15, 0.2) is 164 Å². The number of nitrogens with one attached hydrogen (secondary N) is 1. The van der Waals surface area contributed by atoms with Crippen molar-refractivity contribution >= 4 is 5.57 Å². The van der Waals surface area contributed by atoms with Gasteiger partial charge in [-0.25, -0.2) is 0 Å². The minimum Gasteiger partial charge on any atom is -0.675 e. The summed E-state index contributed by atoms with van der Waals surface area (Å²) in [4.78, 5) is 8.25. The first-order valence-electron chi connectivity index (χ1n) is 18.2. The number of benzene rings is 4. The number of rotatable bonds is 7. The molecule has 0 saturated carbocycles. The number of pyridine rings is 2. The number of hydrogen-bond donors (Lipinski definition) is 1. The third-order valence-electron chi connectivity index (χ3n) is 6.91. The molecule has 4 nitrogen and oxygen atoms in total. The molecule has 1 aliphatic rings. The summed E-state index contributed by atoms with van der Waals surface area (Å²) in [6.45, 7) is -2.11. The van der Waals surface area contributed by atoms with Gasteiger partial charge >= 0.3 is 0 Å². The summed E-state index contributed by atoms with van der Waals surface area (Å²) in [5.41, 5.74) is 7.42. The Balaban J connectivity index is 0.000000181. The monoisotopic (exact) mass is 809 g/mol. The molecule has 0 amide bonds. The molecule has 0 saturated heterocycles. The van der Waals surface area contributed by atoms with Crippen molar-refractivity contribution in [2.45, 2.75) is 26.3 Å². The molecular formula is C43H38IrN4-4. The summed E-state index contributed by atoms with van der Waals surface area (Å²) >= 11 is 0. The van der Waals surface area contributed by atoms with Gasteiger partial charge in [-0.2, -0.15) is 6.20 Å². The Morgan fingerprint density at radius 2 is 1.27 bits per heavy atom. The maximum absolute atomic E-state index is 7.23. The predicted octanol–water partition coefficient (Wildman–Crippen LogP) is 10.0. The van der Waals surface area contributed by atoms with Crippen molar-refractivity contribution < 1.29 is 28.3 Å². The summed E-state index contributed by atoms with van der Waals surface area (Å²) < 4.78 is 43.4. The van der Waals surface area contributed by atoms with E-state index in [1.54, 1.807) is 36.4 Å². The van der Waals surface area contributed by atoms with Crippen molar-refractivity contribution in [1.82, 2.24) is 15.3 Å². The zero-order valence-electron chi connectivity index (χ0n) is 32.1. The minimum atomic E-state index is -2.09. The van der Waals surface area contributed by atoms with Gasteiger partial charge in [0.15, 0.2) is 0 Å². The second-order valence-corrected chi connectivity index (χ2v) is 10.4. The zero-order chi connectivity index (χ0) is 37.5. The predicted molar refractivity (Wildman–Crippen MR) is 195 cm³/mol. The Hall–Kier alpha value is -4.93. The molecule has 1 aliphatic heterocycles. The summed E-state index contributed by atoms with van der Waals surface area (Å²) in [6.07, 6.45) is 9.75. The molecule has 3 heterocycles. The molecule has 5 heteroatoms. The molecule has 6 aromatic rings. The maximum Gasteiger partial charge on any atom is 0.0280 e. The van der Waals surface area contributed by atoms with Crippen LogP contribution in [0.1, 0.15) is 30.5 Å². The second-order valence-electron chi connectivity index (χ2n) is 10.4. The molecule has 48 heavy (non-hydrogen) atoms. The van der Waals surface area contributed by atoms with Crippen LogP contribution in [0.2, 0.25) is 0 Å². The molecule has 4 aromatic carbocycles. The third kappa shape index (κ3) is 11.7. The van der Waals surface area contributed by atoms with Crippen molar-refractivity contribution in [2.75, 3.05) is 0 Å². The van der Waals surface area contributed by atoms with E-state index in [4.69, 9.17) is 8.22 Å². The van der Waals surface area contributed by atoms with Gasteiger partial charge in [0.25, 0.3) is 0 Å². The van der Waals surface area contributed by atoms with E-state index in [-0.39, 0.29) is 37.4 Å². The summed E-state index contributed by atoms with van der Waals surface area (Å²) in [5, 5.41) is 7.79. The molecule has 7 rings (SSSR count). The van der Waals surface area contributed by atoms with Gasteiger partial charge in [0.2, 0.25) is 0 Å². The number of allylic oxidation sites excluding steroid dienone is 2. The molecule has 1 radical (unpaired) electrons. The first kappa shape index (κ1) is 28.1. The van der Waals surface area contributed by atoms with Gasteiger partial charge in [-0.3, -0.25) is 6.54 Å². The van der Waals surface area contributed by atoms with Gasteiger partial charge in [0.05, 0.1) is 0 Å². The number of hydrogen-bond acceptors (Lipinski definition) is 3. The van der Waals surface area contributed by atoms with Crippen LogP contribution in [-0.2, 0) is 26.5 Å². The Kier molecular flexibility index (Phi) is 11.5. The van der Waals surface area contributed by atoms with Crippen LogP contribution in [-0.4, -0.2) is 16.1 Å². The molecule has 0 bridgehead atoms. The quantitative estimate of drug-likeness (QED) is 0.164. The van der Waals surface area contributed by atoms with Gasteiger partial charge in [0, 0.05) is 40.7 Å². The fraction of sp³-hybridized carbons (Fsp3) is 0.0930. The molecule has 1 N–H and O–H groups in total. The Bertz CT molecular complexity index is 1930. The van der Waals surface area contributed by atoms with Gasteiger partial charge in [-0.1, -0.05) is 109 Å². The average Bonchev–Trinajstić information content (AvgIpc) is 3.19. The molecule has 2 aromatic heterocycles. The van der Waals surface area contributed by atoms with Crippen LogP contribution in [0.3, 0.4) is 0 Å². The molecule has 1 atom stereocenters. The van der Waals surface area contributed by atoms with E-state index in [1.165, 1.54) is 29.1 Å².